The molecule has 1 aromatic carbocycles. The number of nitrogens with zero attached hydrogens (tertiary/aromatic N) is 3. The number of fused-ring (bicyclic) bond motifs is 1. The van der Waals surface area contributed by atoms with Crippen LogP contribution in [-0.4, -0.2) is 25.7 Å². The third-order valence-electron chi connectivity index (χ3n) is 3.59. The first-order valence-corrected chi connectivity index (χ1v) is 5.90. The molecule has 1 saturated carbocycles. The number of aromatic nitrogens is 3. The Labute approximate surface area is 102 Å². The largest absolute Gasteiger partial charge is 0.388 e. The first-order valence-electron chi connectivity index (χ1n) is 5.90. The summed E-state index contributed by atoms with van der Waals surface area (Å²) in [6.07, 6.45) is 2.26. The zero-order chi connectivity index (χ0) is 12.9. The van der Waals surface area contributed by atoms with Gasteiger partial charge in [0.2, 0.25) is 0 Å². The molecular weight excluding hydrogens is 240 g/mol. The Bertz CT molecular complexity index is 619. The number of hydrogen-bond donors (Lipinski definition) is 1. The second-order valence-corrected chi connectivity index (χ2v) is 5.01. The number of aliphatic hydroxyl groups is 1. The molecule has 2 aromatic rings. The topological polar surface area (TPSA) is 50.9 Å². The van der Waals surface area contributed by atoms with Crippen LogP contribution in [0.5, 0.6) is 0 Å². The molecule has 0 saturated heterocycles. The molecule has 1 aliphatic rings. The molecule has 1 aliphatic carbocycles. The maximum absolute atomic E-state index is 13.9. The summed E-state index contributed by atoms with van der Waals surface area (Å²) in [6, 6.07) is 1.46. The molecule has 1 aromatic heterocycles. The van der Waals surface area contributed by atoms with Gasteiger partial charge in [-0.15, -0.1) is 5.10 Å². The number of benzene rings is 1. The monoisotopic (exact) mass is 253 g/mol. The lowest BCUT2D eigenvalue weighted by Crippen LogP contribution is -2.41. The quantitative estimate of drug-likeness (QED) is 0.889. The van der Waals surface area contributed by atoms with Crippen molar-refractivity contribution in [3.63, 3.8) is 0 Å². The summed E-state index contributed by atoms with van der Waals surface area (Å²) < 4.78 is 28.7. The summed E-state index contributed by atoms with van der Waals surface area (Å²) in [5.74, 6) is -1.83. The molecule has 4 nitrogen and oxygen atoms in total. The van der Waals surface area contributed by atoms with Crippen LogP contribution in [0.3, 0.4) is 0 Å². The van der Waals surface area contributed by atoms with Crippen LogP contribution in [0.4, 0.5) is 8.78 Å². The van der Waals surface area contributed by atoms with Gasteiger partial charge < -0.3 is 5.11 Å². The van der Waals surface area contributed by atoms with Crippen molar-refractivity contribution in [3.8, 4) is 0 Å². The minimum Gasteiger partial charge on any atom is -0.388 e. The first-order chi connectivity index (χ1) is 8.50. The third-order valence-corrected chi connectivity index (χ3v) is 3.59. The van der Waals surface area contributed by atoms with Gasteiger partial charge in [0, 0.05) is 0 Å². The average Bonchev–Trinajstić information content (AvgIpc) is 2.67. The van der Waals surface area contributed by atoms with Crippen molar-refractivity contribution >= 4 is 11.0 Å². The molecule has 6 heteroatoms. The van der Waals surface area contributed by atoms with Crippen molar-refractivity contribution < 1.29 is 13.9 Å². The average molecular weight is 253 g/mol. The van der Waals surface area contributed by atoms with E-state index in [0.717, 1.165) is 6.42 Å². The smallest absolute Gasteiger partial charge is 0.186 e. The number of halogens is 2. The minimum atomic E-state index is -0.946. The Morgan fingerprint density at radius 2 is 2.11 bits per heavy atom. The fourth-order valence-electron chi connectivity index (χ4n) is 2.33. The summed E-state index contributed by atoms with van der Waals surface area (Å²) >= 11 is 0. The van der Waals surface area contributed by atoms with Crippen LogP contribution >= 0.6 is 0 Å². The van der Waals surface area contributed by atoms with Gasteiger partial charge in [0.15, 0.2) is 11.6 Å². The van der Waals surface area contributed by atoms with Crippen molar-refractivity contribution in [2.24, 2.45) is 0 Å². The zero-order valence-electron chi connectivity index (χ0n) is 9.95. The molecule has 3 rings (SSSR count). The summed E-state index contributed by atoms with van der Waals surface area (Å²) in [4.78, 5) is 0. The van der Waals surface area contributed by atoms with Crippen molar-refractivity contribution in [2.45, 2.75) is 38.3 Å². The highest BCUT2D eigenvalue weighted by Gasteiger charge is 2.36. The van der Waals surface area contributed by atoms with Crippen LogP contribution in [0, 0.1) is 18.6 Å². The minimum absolute atomic E-state index is 0.0263. The lowest BCUT2D eigenvalue weighted by Gasteiger charge is -2.36. The van der Waals surface area contributed by atoms with E-state index in [0.29, 0.717) is 18.4 Å². The van der Waals surface area contributed by atoms with Gasteiger partial charge >= 0.3 is 0 Å². The van der Waals surface area contributed by atoms with E-state index in [-0.39, 0.29) is 17.6 Å². The summed E-state index contributed by atoms with van der Waals surface area (Å²) in [7, 11) is 0. The second kappa shape index (κ2) is 3.71. The van der Waals surface area contributed by atoms with E-state index in [1.165, 1.54) is 17.7 Å². The van der Waals surface area contributed by atoms with E-state index in [2.05, 4.69) is 10.3 Å². The van der Waals surface area contributed by atoms with Gasteiger partial charge in [-0.05, 0) is 37.8 Å². The van der Waals surface area contributed by atoms with E-state index in [9.17, 15) is 13.9 Å². The molecule has 0 amide bonds. The van der Waals surface area contributed by atoms with Crippen molar-refractivity contribution in [1.29, 1.82) is 0 Å². The lowest BCUT2D eigenvalue weighted by molar-refractivity contribution is -0.0493. The van der Waals surface area contributed by atoms with Gasteiger partial charge in [-0.1, -0.05) is 5.21 Å². The van der Waals surface area contributed by atoms with Crippen LogP contribution in [0.2, 0.25) is 0 Å². The predicted octanol–water partition coefficient (Wildman–Crippen LogP) is 1.93. The second-order valence-electron chi connectivity index (χ2n) is 5.01. The maximum Gasteiger partial charge on any atom is 0.186 e. The number of rotatable bonds is 2. The molecule has 0 atom stereocenters. The molecule has 96 valence electrons. The van der Waals surface area contributed by atoms with Gasteiger partial charge in [0.1, 0.15) is 11.0 Å². The van der Waals surface area contributed by atoms with E-state index < -0.39 is 17.2 Å². The first kappa shape index (κ1) is 11.5. The standard InChI is InChI=1S/C12H13F2N3O/c1-7-5-8-11(10(14)9(7)13)17(16-15-8)6-12(18)3-2-4-12/h5,18H,2-4,6H2,1H3. The molecule has 0 radical (unpaired) electrons. The van der Waals surface area contributed by atoms with E-state index >= 15 is 0 Å². The zero-order valence-corrected chi connectivity index (χ0v) is 9.95. The highest BCUT2D eigenvalue weighted by molar-refractivity contribution is 5.76. The number of aryl methyl sites for hydroxylation is 1. The van der Waals surface area contributed by atoms with Crippen LogP contribution in [0.1, 0.15) is 24.8 Å². The fraction of sp³-hybridized carbons (Fsp3) is 0.500. The molecule has 1 fully saturated rings. The molecule has 0 unspecified atom stereocenters. The van der Waals surface area contributed by atoms with Gasteiger partial charge in [0.25, 0.3) is 0 Å². The van der Waals surface area contributed by atoms with Crippen LogP contribution < -0.4 is 0 Å². The molecule has 1 N–H and O–H groups in total. The molecular formula is C12H13F2N3O. The van der Waals surface area contributed by atoms with Gasteiger partial charge in [-0.3, -0.25) is 0 Å². The summed E-state index contributed by atoms with van der Waals surface area (Å²) in [5.41, 5.74) is -0.309. The Morgan fingerprint density at radius 3 is 2.72 bits per heavy atom. The SMILES string of the molecule is Cc1cc2nnn(CC3(O)CCC3)c2c(F)c1F. The van der Waals surface area contributed by atoms with Gasteiger partial charge in [-0.2, -0.15) is 0 Å². The highest BCUT2D eigenvalue weighted by atomic mass is 19.2. The number of hydrogen-bond acceptors (Lipinski definition) is 3. The predicted molar refractivity (Wildman–Crippen MR) is 61.0 cm³/mol. The summed E-state index contributed by atoms with van der Waals surface area (Å²) in [5, 5.41) is 17.7. The molecule has 0 spiro atoms. The Balaban J connectivity index is 2.10. The van der Waals surface area contributed by atoms with Crippen LogP contribution in [0.25, 0.3) is 11.0 Å². The summed E-state index contributed by atoms with van der Waals surface area (Å²) in [6.45, 7) is 1.64. The molecule has 0 aliphatic heterocycles. The maximum atomic E-state index is 13.9. The van der Waals surface area contributed by atoms with Crippen molar-refractivity contribution in [2.75, 3.05) is 0 Å². The fourth-order valence-corrected chi connectivity index (χ4v) is 2.33. The van der Waals surface area contributed by atoms with E-state index in [4.69, 9.17) is 0 Å². The van der Waals surface area contributed by atoms with E-state index in [1.807, 2.05) is 0 Å². The Morgan fingerprint density at radius 1 is 1.39 bits per heavy atom. The molecule has 0 bridgehead atoms. The van der Waals surface area contributed by atoms with Gasteiger partial charge in [0.05, 0.1) is 12.1 Å². The molecule has 18 heavy (non-hydrogen) atoms. The Kier molecular flexibility index (Phi) is 2.38. The normalized spacial score (nSPS) is 18.0. The van der Waals surface area contributed by atoms with Crippen molar-refractivity contribution in [1.82, 2.24) is 15.0 Å². The lowest BCUT2D eigenvalue weighted by atomic mass is 9.80. The molecule has 1 heterocycles. The third kappa shape index (κ3) is 1.59. The van der Waals surface area contributed by atoms with Crippen LogP contribution in [0.15, 0.2) is 6.07 Å². The van der Waals surface area contributed by atoms with Crippen LogP contribution in [-0.2, 0) is 6.54 Å². The Hall–Kier alpha value is -1.56. The van der Waals surface area contributed by atoms with Crippen molar-refractivity contribution in [3.05, 3.63) is 23.3 Å². The van der Waals surface area contributed by atoms with E-state index in [1.54, 1.807) is 0 Å². The van der Waals surface area contributed by atoms with Gasteiger partial charge in [-0.25, -0.2) is 13.5 Å². The highest BCUT2D eigenvalue weighted by Crippen LogP contribution is 2.34.